The second-order valence-electron chi connectivity index (χ2n) is 9.13. The van der Waals surface area contributed by atoms with Crippen LogP contribution in [0.1, 0.15) is 66.5 Å². The van der Waals surface area contributed by atoms with E-state index in [0.29, 0.717) is 0 Å². The third kappa shape index (κ3) is 3.58. The Bertz CT molecular complexity index is 1240. The molecule has 0 N–H and O–H groups in total. The van der Waals surface area contributed by atoms with Crippen molar-refractivity contribution in [3.8, 4) is 0 Å². The van der Waals surface area contributed by atoms with Crippen LogP contribution in [0.4, 0.5) is 0 Å². The van der Waals surface area contributed by atoms with Crippen molar-refractivity contribution in [3.05, 3.63) is 82.4 Å². The van der Waals surface area contributed by atoms with Crippen LogP contribution in [0.2, 0.25) is 0 Å². The van der Waals surface area contributed by atoms with Crippen molar-refractivity contribution in [2.45, 2.75) is 64.4 Å². The van der Waals surface area contributed by atoms with Gasteiger partial charge >= 0.3 is 8.24 Å². The van der Waals surface area contributed by atoms with Gasteiger partial charge in [0.1, 0.15) is 11.2 Å². The maximum Gasteiger partial charge on any atom is 0.388 e. The summed E-state index contributed by atoms with van der Waals surface area (Å²) in [4.78, 5) is 0. The van der Waals surface area contributed by atoms with E-state index in [0.717, 1.165) is 42.4 Å². The van der Waals surface area contributed by atoms with Crippen molar-refractivity contribution in [2.24, 2.45) is 0 Å². The molecule has 2 aliphatic rings. The highest BCUT2D eigenvalue weighted by atomic mass is 31.1. The Hall–Kier alpha value is -2.48. The summed E-state index contributed by atoms with van der Waals surface area (Å²) in [5.74, 6) is 0. The molecule has 1 atom stereocenters. The van der Waals surface area contributed by atoms with Gasteiger partial charge in [-0.2, -0.15) is 0 Å². The second kappa shape index (κ2) is 8.46. The van der Waals surface area contributed by atoms with E-state index in [1.807, 2.05) is 18.2 Å². The first-order valence-corrected chi connectivity index (χ1v) is 13.0. The fourth-order valence-electron chi connectivity index (χ4n) is 5.45. The lowest BCUT2D eigenvalue weighted by Crippen LogP contribution is -2.05. The zero-order valence-electron chi connectivity index (χ0n) is 18.6. The molecule has 1 heterocycles. The molecular formula is C28H29O3P. The Kier molecular flexibility index (Phi) is 5.33. The molecule has 0 saturated carbocycles. The summed E-state index contributed by atoms with van der Waals surface area (Å²) in [6.45, 7) is 2.07. The SMILES string of the molecule is CC(Op1oc2ccc3c(c2c2c4c(ccc2o1)CCCC4)CCCC3)c1ccccc1. The number of fused-ring (bicyclic) bond motifs is 7. The van der Waals surface area contributed by atoms with E-state index in [4.69, 9.17) is 12.9 Å². The minimum absolute atomic E-state index is 0.109. The molecule has 0 aliphatic heterocycles. The highest BCUT2D eigenvalue weighted by molar-refractivity contribution is 7.31. The van der Waals surface area contributed by atoms with Gasteiger partial charge in [-0.15, -0.1) is 0 Å². The standard InChI is InChI=1S/C28H29O3P/c1-19(20-9-3-2-4-10-20)29-32-30-25-17-15-21-11-5-7-13-23(21)27(25)28-24-14-8-6-12-22(24)16-18-26(28)31-32/h2-4,9-10,15-19H,5-8,11-14H2,1H3. The third-order valence-electron chi connectivity index (χ3n) is 7.10. The van der Waals surface area contributed by atoms with E-state index in [-0.39, 0.29) is 6.10 Å². The number of aryl methyl sites for hydroxylation is 4. The fraction of sp³-hybridized carbons (Fsp3) is 0.357. The van der Waals surface area contributed by atoms with E-state index < -0.39 is 8.24 Å². The van der Waals surface area contributed by atoms with Crippen LogP contribution in [-0.4, -0.2) is 0 Å². The van der Waals surface area contributed by atoms with E-state index in [2.05, 4.69) is 43.3 Å². The van der Waals surface area contributed by atoms with Gasteiger partial charge < -0.3 is 8.39 Å². The molecule has 0 spiro atoms. The Labute approximate surface area is 190 Å². The molecule has 32 heavy (non-hydrogen) atoms. The molecule has 0 fully saturated rings. The molecule has 0 bridgehead atoms. The van der Waals surface area contributed by atoms with Gasteiger partial charge in [0, 0.05) is 10.8 Å². The summed E-state index contributed by atoms with van der Waals surface area (Å²) >= 11 is 0. The maximum atomic E-state index is 6.51. The second-order valence-corrected chi connectivity index (χ2v) is 10.2. The number of hydrogen-bond acceptors (Lipinski definition) is 3. The molecule has 1 unspecified atom stereocenters. The van der Waals surface area contributed by atoms with E-state index in [1.54, 1.807) is 0 Å². The van der Waals surface area contributed by atoms with E-state index >= 15 is 0 Å². The van der Waals surface area contributed by atoms with Crippen molar-refractivity contribution < 1.29 is 12.9 Å². The first-order chi connectivity index (χ1) is 15.8. The Morgan fingerprint density at radius 1 is 0.688 bits per heavy atom. The van der Waals surface area contributed by atoms with Crippen LogP contribution in [0, 0.1) is 0 Å². The highest BCUT2D eigenvalue weighted by Gasteiger charge is 2.22. The minimum Gasteiger partial charge on any atom is -0.399 e. The summed E-state index contributed by atoms with van der Waals surface area (Å²) < 4.78 is 19.4. The van der Waals surface area contributed by atoms with Crippen LogP contribution in [-0.2, 0) is 25.7 Å². The molecule has 0 saturated heterocycles. The van der Waals surface area contributed by atoms with Crippen LogP contribution in [0.15, 0.2) is 63.0 Å². The molecule has 3 aromatic carbocycles. The van der Waals surface area contributed by atoms with Crippen molar-refractivity contribution in [1.82, 2.24) is 0 Å². The van der Waals surface area contributed by atoms with Crippen molar-refractivity contribution in [2.75, 3.05) is 0 Å². The molecule has 0 radical (unpaired) electrons. The number of hydrogen-bond donors (Lipinski definition) is 0. The quantitative estimate of drug-likeness (QED) is 0.319. The van der Waals surface area contributed by atoms with Crippen LogP contribution in [0.25, 0.3) is 21.9 Å². The molecule has 0 amide bonds. The molecule has 164 valence electrons. The topological polar surface area (TPSA) is 35.5 Å². The van der Waals surface area contributed by atoms with Crippen LogP contribution in [0.3, 0.4) is 0 Å². The predicted molar refractivity (Wildman–Crippen MR) is 131 cm³/mol. The lowest BCUT2D eigenvalue weighted by Gasteiger charge is -2.20. The summed E-state index contributed by atoms with van der Waals surface area (Å²) in [7, 11) is -1.56. The predicted octanol–water partition coefficient (Wildman–Crippen LogP) is 8.24. The van der Waals surface area contributed by atoms with Crippen LogP contribution < -0.4 is 4.52 Å². The van der Waals surface area contributed by atoms with Crippen LogP contribution in [0.5, 0.6) is 0 Å². The van der Waals surface area contributed by atoms with Crippen molar-refractivity contribution in [3.63, 3.8) is 0 Å². The summed E-state index contributed by atoms with van der Waals surface area (Å²) in [5.41, 5.74) is 8.86. The van der Waals surface area contributed by atoms with Gasteiger partial charge in [0.25, 0.3) is 0 Å². The lowest BCUT2D eigenvalue weighted by atomic mass is 9.84. The van der Waals surface area contributed by atoms with E-state index in [9.17, 15) is 0 Å². The normalized spacial score (nSPS) is 16.5. The molecule has 3 nitrogen and oxygen atoms in total. The largest absolute Gasteiger partial charge is 0.399 e. The van der Waals surface area contributed by atoms with Gasteiger partial charge in [-0.25, -0.2) is 0 Å². The molecule has 2 aliphatic carbocycles. The zero-order valence-corrected chi connectivity index (χ0v) is 19.5. The monoisotopic (exact) mass is 444 g/mol. The van der Waals surface area contributed by atoms with Gasteiger partial charge in [-0.05, 0) is 98.2 Å². The third-order valence-corrected chi connectivity index (χ3v) is 8.28. The lowest BCUT2D eigenvalue weighted by molar-refractivity contribution is 0.285. The average Bonchev–Trinajstić information content (AvgIpc) is 3.01. The van der Waals surface area contributed by atoms with E-state index in [1.165, 1.54) is 58.7 Å². The van der Waals surface area contributed by atoms with Gasteiger partial charge in [-0.1, -0.05) is 42.5 Å². The van der Waals surface area contributed by atoms with Crippen molar-refractivity contribution in [1.29, 1.82) is 0 Å². The van der Waals surface area contributed by atoms with Gasteiger partial charge in [-0.3, -0.25) is 4.52 Å². The Balaban J connectivity index is 1.62. The van der Waals surface area contributed by atoms with Gasteiger partial charge in [0.05, 0.1) is 6.10 Å². The molecule has 6 rings (SSSR count). The molecular weight excluding hydrogens is 415 g/mol. The zero-order chi connectivity index (χ0) is 21.5. The minimum atomic E-state index is -1.56. The summed E-state index contributed by atoms with van der Waals surface area (Å²) in [5, 5.41) is 2.55. The summed E-state index contributed by atoms with van der Waals surface area (Å²) in [6.07, 6.45) is 9.46. The first kappa shape index (κ1) is 20.1. The summed E-state index contributed by atoms with van der Waals surface area (Å²) in [6, 6.07) is 19.1. The number of rotatable bonds is 3. The van der Waals surface area contributed by atoms with Crippen molar-refractivity contribution >= 4 is 30.2 Å². The fourth-order valence-corrected chi connectivity index (χ4v) is 6.58. The molecule has 4 heteroatoms. The van der Waals surface area contributed by atoms with Gasteiger partial charge in [0.15, 0.2) is 0 Å². The molecule has 4 aromatic rings. The molecule has 1 aromatic heterocycles. The Morgan fingerprint density at radius 3 is 1.78 bits per heavy atom. The Morgan fingerprint density at radius 2 is 1.22 bits per heavy atom. The van der Waals surface area contributed by atoms with Crippen LogP contribution >= 0.6 is 8.24 Å². The van der Waals surface area contributed by atoms with Gasteiger partial charge in [0.2, 0.25) is 0 Å². The number of benzene rings is 3. The maximum absolute atomic E-state index is 6.51. The smallest absolute Gasteiger partial charge is 0.388 e. The average molecular weight is 445 g/mol. The first-order valence-electron chi connectivity index (χ1n) is 12.0. The highest BCUT2D eigenvalue weighted by Crippen LogP contribution is 2.42.